The first-order chi connectivity index (χ1) is 7.47. The first-order valence-corrected chi connectivity index (χ1v) is 7.82. The summed E-state index contributed by atoms with van der Waals surface area (Å²) in [6, 6.07) is 0.364. The zero-order valence-corrected chi connectivity index (χ0v) is 11.6. The van der Waals surface area contributed by atoms with E-state index in [1.165, 1.54) is 0 Å². The van der Waals surface area contributed by atoms with Gasteiger partial charge in [-0.25, -0.2) is 12.7 Å². The minimum Gasteiger partial charge on any atom is -0.305 e. The molecule has 0 radical (unpaired) electrons. The second-order valence-corrected chi connectivity index (χ2v) is 6.94. The predicted octanol–water partition coefficient (Wildman–Crippen LogP) is 0.971. The molecule has 4 nitrogen and oxygen atoms in total. The molecule has 1 fully saturated rings. The van der Waals surface area contributed by atoms with Crippen LogP contribution in [0.1, 0.15) is 19.3 Å². The standard InChI is InChI=1S/C10H21ClN2O2S/c1-12(2)10-5-7-13(9-10)16(14,15)8-4-3-6-11/h10H,3-9H2,1-2H3. The van der Waals surface area contributed by atoms with E-state index in [0.717, 1.165) is 12.8 Å². The molecule has 0 aromatic heterocycles. The molecule has 16 heavy (non-hydrogen) atoms. The van der Waals surface area contributed by atoms with E-state index in [1.807, 2.05) is 14.1 Å². The highest BCUT2D eigenvalue weighted by atomic mass is 35.5. The van der Waals surface area contributed by atoms with Crippen LogP contribution in [0.4, 0.5) is 0 Å². The summed E-state index contributed by atoms with van der Waals surface area (Å²) in [5.41, 5.74) is 0. The van der Waals surface area contributed by atoms with Gasteiger partial charge in [0.25, 0.3) is 0 Å². The summed E-state index contributed by atoms with van der Waals surface area (Å²) >= 11 is 5.54. The van der Waals surface area contributed by atoms with Crippen LogP contribution in [0.25, 0.3) is 0 Å². The molecule has 1 aliphatic heterocycles. The van der Waals surface area contributed by atoms with E-state index >= 15 is 0 Å². The lowest BCUT2D eigenvalue weighted by Gasteiger charge is -2.20. The van der Waals surface area contributed by atoms with Gasteiger partial charge in [-0.15, -0.1) is 11.6 Å². The first-order valence-electron chi connectivity index (χ1n) is 5.67. The van der Waals surface area contributed by atoms with Crippen molar-refractivity contribution in [3.63, 3.8) is 0 Å². The summed E-state index contributed by atoms with van der Waals surface area (Å²) in [4.78, 5) is 2.09. The molecule has 0 aromatic rings. The predicted molar refractivity (Wildman–Crippen MR) is 67.4 cm³/mol. The minimum absolute atomic E-state index is 0.236. The van der Waals surface area contributed by atoms with Crippen LogP contribution < -0.4 is 0 Å². The maximum Gasteiger partial charge on any atom is 0.214 e. The maximum atomic E-state index is 11.9. The Hall–Kier alpha value is 0.160. The molecular formula is C10H21ClN2O2S. The van der Waals surface area contributed by atoms with Gasteiger partial charge in [-0.3, -0.25) is 0 Å². The molecule has 0 aliphatic carbocycles. The van der Waals surface area contributed by atoms with Gasteiger partial charge in [0.1, 0.15) is 0 Å². The van der Waals surface area contributed by atoms with Crippen molar-refractivity contribution >= 4 is 21.6 Å². The van der Waals surface area contributed by atoms with Crippen molar-refractivity contribution in [2.24, 2.45) is 0 Å². The minimum atomic E-state index is -3.05. The fraction of sp³-hybridized carbons (Fsp3) is 1.00. The molecule has 1 saturated heterocycles. The quantitative estimate of drug-likeness (QED) is 0.532. The van der Waals surface area contributed by atoms with Crippen molar-refractivity contribution in [3.05, 3.63) is 0 Å². The molecule has 1 heterocycles. The molecule has 0 aromatic carbocycles. The lowest BCUT2D eigenvalue weighted by molar-refractivity contribution is 0.302. The topological polar surface area (TPSA) is 40.6 Å². The Morgan fingerprint density at radius 1 is 1.38 bits per heavy atom. The maximum absolute atomic E-state index is 11.9. The molecule has 1 unspecified atom stereocenters. The van der Waals surface area contributed by atoms with E-state index in [1.54, 1.807) is 4.31 Å². The Kier molecular flexibility index (Phi) is 5.50. The normalized spacial score (nSPS) is 23.1. The summed E-state index contributed by atoms with van der Waals surface area (Å²) in [5, 5.41) is 0. The zero-order valence-electron chi connectivity index (χ0n) is 10.0. The highest BCUT2D eigenvalue weighted by Crippen LogP contribution is 2.17. The van der Waals surface area contributed by atoms with Crippen molar-refractivity contribution in [1.29, 1.82) is 0 Å². The Morgan fingerprint density at radius 3 is 2.56 bits per heavy atom. The van der Waals surface area contributed by atoms with E-state index in [0.29, 0.717) is 31.4 Å². The molecule has 96 valence electrons. The van der Waals surface area contributed by atoms with Crippen LogP contribution in [0.15, 0.2) is 0 Å². The Morgan fingerprint density at radius 2 is 2.06 bits per heavy atom. The van der Waals surface area contributed by atoms with Crippen LogP contribution in [0, 0.1) is 0 Å². The van der Waals surface area contributed by atoms with Crippen molar-refractivity contribution in [2.45, 2.75) is 25.3 Å². The molecule has 1 atom stereocenters. The van der Waals surface area contributed by atoms with E-state index < -0.39 is 10.0 Å². The SMILES string of the molecule is CN(C)C1CCN(S(=O)(=O)CCCCCl)C1. The third-order valence-electron chi connectivity index (χ3n) is 3.04. The van der Waals surface area contributed by atoms with Gasteiger partial charge in [0.15, 0.2) is 0 Å². The molecular weight excluding hydrogens is 248 g/mol. The van der Waals surface area contributed by atoms with E-state index in [4.69, 9.17) is 11.6 Å². The van der Waals surface area contributed by atoms with Gasteiger partial charge in [-0.2, -0.15) is 0 Å². The van der Waals surface area contributed by atoms with E-state index in [9.17, 15) is 8.42 Å². The van der Waals surface area contributed by atoms with Gasteiger partial charge in [0, 0.05) is 25.0 Å². The second-order valence-electron chi connectivity index (χ2n) is 4.48. The van der Waals surface area contributed by atoms with Gasteiger partial charge in [0.2, 0.25) is 10.0 Å². The van der Waals surface area contributed by atoms with Gasteiger partial charge in [-0.05, 0) is 33.4 Å². The molecule has 0 amide bonds. The number of likely N-dealkylation sites (N-methyl/N-ethyl adjacent to an activating group) is 1. The molecule has 0 spiro atoms. The largest absolute Gasteiger partial charge is 0.305 e. The Bertz CT molecular complexity index is 306. The number of rotatable bonds is 6. The summed E-state index contributed by atoms with van der Waals surface area (Å²) < 4.78 is 25.5. The lowest BCUT2D eigenvalue weighted by Crippen LogP contribution is -2.35. The molecule has 6 heteroatoms. The monoisotopic (exact) mass is 268 g/mol. The van der Waals surface area contributed by atoms with Crippen molar-refractivity contribution in [2.75, 3.05) is 38.8 Å². The average molecular weight is 269 g/mol. The number of sulfonamides is 1. The first kappa shape index (κ1) is 14.2. The summed E-state index contributed by atoms with van der Waals surface area (Å²) in [6.45, 7) is 1.29. The summed E-state index contributed by atoms with van der Waals surface area (Å²) in [6.07, 6.45) is 2.36. The smallest absolute Gasteiger partial charge is 0.214 e. The van der Waals surface area contributed by atoms with Gasteiger partial charge in [0.05, 0.1) is 5.75 Å². The summed E-state index contributed by atoms with van der Waals surface area (Å²) in [5.74, 6) is 0.774. The van der Waals surface area contributed by atoms with Gasteiger partial charge in [-0.1, -0.05) is 0 Å². The molecule has 1 aliphatic rings. The molecule has 0 bridgehead atoms. The number of halogens is 1. The van der Waals surface area contributed by atoms with Crippen molar-refractivity contribution < 1.29 is 8.42 Å². The van der Waals surface area contributed by atoms with Gasteiger partial charge < -0.3 is 4.90 Å². The lowest BCUT2D eigenvalue weighted by atomic mass is 10.2. The third-order valence-corrected chi connectivity index (χ3v) is 5.23. The van der Waals surface area contributed by atoms with Crippen molar-refractivity contribution in [3.8, 4) is 0 Å². The van der Waals surface area contributed by atoms with Crippen LogP contribution in [-0.2, 0) is 10.0 Å². The van der Waals surface area contributed by atoms with E-state index in [2.05, 4.69) is 4.90 Å². The van der Waals surface area contributed by atoms with Crippen LogP contribution >= 0.6 is 11.6 Å². The fourth-order valence-electron chi connectivity index (χ4n) is 1.89. The second kappa shape index (κ2) is 6.19. The summed E-state index contributed by atoms with van der Waals surface area (Å²) in [7, 11) is 0.938. The highest BCUT2D eigenvalue weighted by molar-refractivity contribution is 7.89. The fourth-order valence-corrected chi connectivity index (χ4v) is 3.69. The van der Waals surface area contributed by atoms with Crippen LogP contribution in [-0.4, -0.2) is 62.5 Å². The molecule has 1 rings (SSSR count). The molecule has 0 N–H and O–H groups in total. The van der Waals surface area contributed by atoms with Gasteiger partial charge >= 0.3 is 0 Å². The number of hydrogen-bond acceptors (Lipinski definition) is 3. The highest BCUT2D eigenvalue weighted by Gasteiger charge is 2.31. The number of unbranched alkanes of at least 4 members (excludes halogenated alkanes) is 1. The number of hydrogen-bond donors (Lipinski definition) is 0. The average Bonchev–Trinajstić information content (AvgIpc) is 2.67. The van der Waals surface area contributed by atoms with E-state index in [-0.39, 0.29) is 5.75 Å². The molecule has 0 saturated carbocycles. The van der Waals surface area contributed by atoms with Crippen molar-refractivity contribution in [1.82, 2.24) is 9.21 Å². The third kappa shape index (κ3) is 3.87. The Labute approximate surface area is 104 Å². The Balaban J connectivity index is 2.45. The number of alkyl halides is 1. The zero-order chi connectivity index (χ0) is 12.2. The number of nitrogens with zero attached hydrogens (tertiary/aromatic N) is 2. The van der Waals surface area contributed by atoms with Crippen LogP contribution in [0.3, 0.4) is 0 Å². The van der Waals surface area contributed by atoms with Crippen LogP contribution in [0.5, 0.6) is 0 Å². The van der Waals surface area contributed by atoms with Crippen LogP contribution in [0.2, 0.25) is 0 Å².